The first-order chi connectivity index (χ1) is 6.74. The topological polar surface area (TPSA) is 12.0 Å². The van der Waals surface area contributed by atoms with Crippen LogP contribution in [0.3, 0.4) is 0 Å². The van der Waals surface area contributed by atoms with Crippen molar-refractivity contribution < 1.29 is 0 Å². The minimum Gasteiger partial charge on any atom is -0.316 e. The first-order valence-electron chi connectivity index (χ1n) is 6.44. The van der Waals surface area contributed by atoms with E-state index in [1.54, 1.807) is 0 Å². The molecule has 0 bridgehead atoms. The molecule has 84 valence electrons. The van der Waals surface area contributed by atoms with E-state index in [9.17, 15) is 0 Å². The zero-order chi connectivity index (χ0) is 10.4. The van der Waals surface area contributed by atoms with Gasteiger partial charge in [-0.25, -0.2) is 0 Å². The molecule has 1 heterocycles. The fourth-order valence-electron chi connectivity index (χ4n) is 2.62. The standard InChI is InChI=1S/C13H27N/c1-4-6-11(2)7-5-8-13-10-14-9-12(13)3/h11-14H,4-10H2,1-3H3. The highest BCUT2D eigenvalue weighted by atomic mass is 14.9. The molecule has 14 heavy (non-hydrogen) atoms. The molecular formula is C13H27N. The molecule has 0 aromatic carbocycles. The number of rotatable bonds is 6. The van der Waals surface area contributed by atoms with E-state index < -0.39 is 0 Å². The Bertz CT molecular complexity index is 144. The molecule has 0 radical (unpaired) electrons. The van der Waals surface area contributed by atoms with Gasteiger partial charge < -0.3 is 5.32 Å². The second-order valence-electron chi connectivity index (χ2n) is 5.22. The van der Waals surface area contributed by atoms with E-state index in [1.165, 1.54) is 45.2 Å². The van der Waals surface area contributed by atoms with Crippen molar-refractivity contribution in [2.24, 2.45) is 17.8 Å². The van der Waals surface area contributed by atoms with Crippen molar-refractivity contribution in [3.05, 3.63) is 0 Å². The Morgan fingerprint density at radius 2 is 2.07 bits per heavy atom. The molecule has 1 heteroatoms. The lowest BCUT2D eigenvalue weighted by Gasteiger charge is -2.15. The van der Waals surface area contributed by atoms with Crippen LogP contribution in [0.4, 0.5) is 0 Å². The molecule has 0 spiro atoms. The van der Waals surface area contributed by atoms with E-state index in [0.29, 0.717) is 0 Å². The minimum absolute atomic E-state index is 0.913. The normalized spacial score (nSPS) is 29.4. The van der Waals surface area contributed by atoms with Crippen LogP contribution in [0.15, 0.2) is 0 Å². The fourth-order valence-corrected chi connectivity index (χ4v) is 2.62. The van der Waals surface area contributed by atoms with Gasteiger partial charge in [0.15, 0.2) is 0 Å². The lowest BCUT2D eigenvalue weighted by Crippen LogP contribution is -2.10. The van der Waals surface area contributed by atoms with Crippen LogP contribution in [-0.2, 0) is 0 Å². The molecule has 3 atom stereocenters. The lowest BCUT2D eigenvalue weighted by molar-refractivity contribution is 0.375. The third-order valence-electron chi connectivity index (χ3n) is 3.73. The maximum Gasteiger partial charge on any atom is -0.00174 e. The molecule has 1 N–H and O–H groups in total. The summed E-state index contributed by atoms with van der Waals surface area (Å²) in [4.78, 5) is 0. The summed E-state index contributed by atoms with van der Waals surface area (Å²) >= 11 is 0. The molecule has 0 saturated carbocycles. The Kier molecular flexibility index (Phi) is 5.54. The lowest BCUT2D eigenvalue weighted by atomic mass is 9.90. The largest absolute Gasteiger partial charge is 0.316 e. The van der Waals surface area contributed by atoms with E-state index in [-0.39, 0.29) is 0 Å². The monoisotopic (exact) mass is 197 g/mol. The van der Waals surface area contributed by atoms with Crippen LogP contribution in [0.2, 0.25) is 0 Å². The Hall–Kier alpha value is -0.0400. The molecule has 1 fully saturated rings. The number of hydrogen-bond donors (Lipinski definition) is 1. The van der Waals surface area contributed by atoms with E-state index in [1.807, 2.05) is 0 Å². The molecule has 1 nitrogen and oxygen atoms in total. The maximum atomic E-state index is 3.49. The summed E-state index contributed by atoms with van der Waals surface area (Å²) in [7, 11) is 0. The minimum atomic E-state index is 0.913. The van der Waals surface area contributed by atoms with Gasteiger partial charge in [0.05, 0.1) is 0 Å². The smallest absolute Gasteiger partial charge is 0.00174 e. The number of nitrogens with one attached hydrogen (secondary N) is 1. The summed E-state index contributed by atoms with van der Waals surface area (Å²) in [5, 5.41) is 3.49. The van der Waals surface area contributed by atoms with Gasteiger partial charge in [0, 0.05) is 0 Å². The van der Waals surface area contributed by atoms with Gasteiger partial charge in [-0.3, -0.25) is 0 Å². The Labute approximate surface area is 89.7 Å². The SMILES string of the molecule is CCCC(C)CCCC1CNCC1C. The van der Waals surface area contributed by atoms with Crippen LogP contribution in [0.1, 0.15) is 52.9 Å². The second-order valence-corrected chi connectivity index (χ2v) is 5.22. The van der Waals surface area contributed by atoms with E-state index >= 15 is 0 Å². The summed E-state index contributed by atoms with van der Waals surface area (Å²) in [6.07, 6.45) is 7.10. The first kappa shape index (κ1) is 12.0. The zero-order valence-electron chi connectivity index (χ0n) is 10.2. The second kappa shape index (κ2) is 6.44. The summed E-state index contributed by atoms with van der Waals surface area (Å²) in [6, 6.07) is 0. The maximum absolute atomic E-state index is 3.49. The van der Waals surface area contributed by atoms with Crippen molar-refractivity contribution in [1.82, 2.24) is 5.32 Å². The van der Waals surface area contributed by atoms with Crippen molar-refractivity contribution in [3.8, 4) is 0 Å². The molecule has 0 amide bonds. The van der Waals surface area contributed by atoms with Gasteiger partial charge in [-0.2, -0.15) is 0 Å². The molecule has 1 aliphatic rings. The molecular weight excluding hydrogens is 170 g/mol. The van der Waals surface area contributed by atoms with E-state index in [2.05, 4.69) is 26.1 Å². The van der Waals surface area contributed by atoms with Crippen LogP contribution in [-0.4, -0.2) is 13.1 Å². The Balaban J connectivity index is 2.03. The highest BCUT2D eigenvalue weighted by molar-refractivity contribution is 4.77. The summed E-state index contributed by atoms with van der Waals surface area (Å²) < 4.78 is 0. The van der Waals surface area contributed by atoms with Crippen molar-refractivity contribution in [3.63, 3.8) is 0 Å². The van der Waals surface area contributed by atoms with Crippen molar-refractivity contribution in [1.29, 1.82) is 0 Å². The van der Waals surface area contributed by atoms with Crippen LogP contribution >= 0.6 is 0 Å². The van der Waals surface area contributed by atoms with Crippen LogP contribution in [0, 0.1) is 17.8 Å². The van der Waals surface area contributed by atoms with E-state index in [0.717, 1.165) is 17.8 Å². The number of hydrogen-bond acceptors (Lipinski definition) is 1. The molecule has 1 saturated heterocycles. The van der Waals surface area contributed by atoms with Gasteiger partial charge in [0.2, 0.25) is 0 Å². The molecule has 0 aromatic heterocycles. The van der Waals surface area contributed by atoms with Crippen LogP contribution in [0.5, 0.6) is 0 Å². The van der Waals surface area contributed by atoms with Gasteiger partial charge in [-0.15, -0.1) is 0 Å². The van der Waals surface area contributed by atoms with Gasteiger partial charge in [0.1, 0.15) is 0 Å². The molecule has 0 aromatic rings. The fraction of sp³-hybridized carbons (Fsp3) is 1.00. The Morgan fingerprint density at radius 1 is 1.29 bits per heavy atom. The average Bonchev–Trinajstić information content (AvgIpc) is 2.52. The van der Waals surface area contributed by atoms with Gasteiger partial charge in [0.25, 0.3) is 0 Å². The third kappa shape index (κ3) is 4.00. The first-order valence-corrected chi connectivity index (χ1v) is 6.44. The zero-order valence-corrected chi connectivity index (χ0v) is 10.2. The Morgan fingerprint density at radius 3 is 2.64 bits per heavy atom. The van der Waals surface area contributed by atoms with Crippen LogP contribution in [0.25, 0.3) is 0 Å². The summed E-state index contributed by atoms with van der Waals surface area (Å²) in [5.41, 5.74) is 0. The summed E-state index contributed by atoms with van der Waals surface area (Å²) in [6.45, 7) is 9.60. The predicted octanol–water partition coefficient (Wildman–Crippen LogP) is 3.45. The molecule has 1 rings (SSSR count). The summed E-state index contributed by atoms with van der Waals surface area (Å²) in [5.74, 6) is 2.82. The third-order valence-corrected chi connectivity index (χ3v) is 3.73. The molecule has 3 unspecified atom stereocenters. The molecule has 0 aliphatic carbocycles. The predicted molar refractivity (Wildman–Crippen MR) is 63.4 cm³/mol. The van der Waals surface area contributed by atoms with Crippen LogP contribution < -0.4 is 5.32 Å². The van der Waals surface area contributed by atoms with Gasteiger partial charge in [-0.05, 0) is 37.3 Å². The highest BCUT2D eigenvalue weighted by Crippen LogP contribution is 2.23. The van der Waals surface area contributed by atoms with Crippen molar-refractivity contribution >= 4 is 0 Å². The quantitative estimate of drug-likeness (QED) is 0.687. The van der Waals surface area contributed by atoms with Gasteiger partial charge >= 0.3 is 0 Å². The highest BCUT2D eigenvalue weighted by Gasteiger charge is 2.22. The molecule has 1 aliphatic heterocycles. The van der Waals surface area contributed by atoms with Crippen molar-refractivity contribution in [2.75, 3.05) is 13.1 Å². The van der Waals surface area contributed by atoms with Crippen molar-refractivity contribution in [2.45, 2.75) is 52.9 Å². The average molecular weight is 197 g/mol. The van der Waals surface area contributed by atoms with Gasteiger partial charge in [-0.1, -0.05) is 46.5 Å². The van der Waals surface area contributed by atoms with E-state index in [4.69, 9.17) is 0 Å².